The molecule has 0 aliphatic heterocycles. The SMILES string of the molecule is Cc1ccc(N(Cc2nnc(SCC(=O)Nc3c(C)cccc3C)n2C)S(C)(=O)=O)cc1. The molecule has 3 aromatic rings. The van der Waals surface area contributed by atoms with Gasteiger partial charge in [0, 0.05) is 12.7 Å². The summed E-state index contributed by atoms with van der Waals surface area (Å²) in [5.74, 6) is 0.496. The Kier molecular flexibility index (Phi) is 7.25. The van der Waals surface area contributed by atoms with Crippen molar-refractivity contribution >= 4 is 39.1 Å². The molecule has 0 spiro atoms. The van der Waals surface area contributed by atoms with Crippen molar-refractivity contribution in [2.24, 2.45) is 7.05 Å². The molecular formula is C22H27N5O3S2. The number of para-hydroxylation sites is 1. The zero-order valence-corrected chi connectivity index (χ0v) is 20.4. The van der Waals surface area contributed by atoms with Gasteiger partial charge >= 0.3 is 0 Å². The van der Waals surface area contributed by atoms with Crippen LogP contribution in [0.2, 0.25) is 0 Å². The smallest absolute Gasteiger partial charge is 0.234 e. The number of aromatic nitrogens is 3. The maximum atomic E-state index is 12.5. The van der Waals surface area contributed by atoms with Crippen LogP contribution in [0, 0.1) is 20.8 Å². The first-order valence-electron chi connectivity index (χ1n) is 9.98. The minimum Gasteiger partial charge on any atom is -0.325 e. The Labute approximate surface area is 193 Å². The number of hydrogen-bond donors (Lipinski definition) is 1. The standard InChI is InChI=1S/C22H27N5O3S2/c1-15-9-11-18(12-10-15)27(32(5,29)30)13-19-24-25-22(26(19)4)31-14-20(28)23-21-16(2)7-6-8-17(21)3/h6-12H,13-14H2,1-5H3,(H,23,28). The largest absolute Gasteiger partial charge is 0.325 e. The maximum Gasteiger partial charge on any atom is 0.234 e. The summed E-state index contributed by atoms with van der Waals surface area (Å²) in [6, 6.07) is 13.1. The van der Waals surface area contributed by atoms with Crippen molar-refractivity contribution in [1.29, 1.82) is 0 Å². The number of thioether (sulfide) groups is 1. The van der Waals surface area contributed by atoms with Gasteiger partial charge in [-0.15, -0.1) is 10.2 Å². The van der Waals surface area contributed by atoms with Crippen LogP contribution >= 0.6 is 11.8 Å². The number of hydrogen-bond acceptors (Lipinski definition) is 6. The van der Waals surface area contributed by atoms with Gasteiger partial charge in [-0.1, -0.05) is 47.7 Å². The second-order valence-electron chi connectivity index (χ2n) is 7.67. The molecule has 0 fully saturated rings. The van der Waals surface area contributed by atoms with E-state index < -0.39 is 10.0 Å². The fourth-order valence-corrected chi connectivity index (χ4v) is 4.75. The van der Waals surface area contributed by atoms with Crippen LogP contribution in [0.25, 0.3) is 0 Å². The fraction of sp³-hybridized carbons (Fsp3) is 0.318. The number of carbonyl (C=O) groups is 1. The number of benzene rings is 2. The number of anilines is 2. The molecule has 1 N–H and O–H groups in total. The van der Waals surface area contributed by atoms with E-state index in [1.54, 1.807) is 23.7 Å². The van der Waals surface area contributed by atoms with E-state index in [9.17, 15) is 13.2 Å². The Bertz CT molecular complexity index is 1200. The topological polar surface area (TPSA) is 97.2 Å². The molecule has 1 aromatic heterocycles. The molecule has 10 heteroatoms. The molecule has 0 saturated heterocycles. The lowest BCUT2D eigenvalue weighted by molar-refractivity contribution is -0.113. The van der Waals surface area contributed by atoms with Crippen LogP contribution in [-0.4, -0.2) is 41.1 Å². The van der Waals surface area contributed by atoms with E-state index in [4.69, 9.17) is 0 Å². The lowest BCUT2D eigenvalue weighted by atomic mass is 10.1. The number of amides is 1. The number of carbonyl (C=O) groups excluding carboxylic acids is 1. The van der Waals surface area contributed by atoms with Gasteiger partial charge in [0.1, 0.15) is 0 Å². The van der Waals surface area contributed by atoms with E-state index in [-0.39, 0.29) is 18.2 Å². The quantitative estimate of drug-likeness (QED) is 0.504. The van der Waals surface area contributed by atoms with E-state index >= 15 is 0 Å². The Hall–Kier alpha value is -2.85. The number of sulfonamides is 1. The van der Waals surface area contributed by atoms with Gasteiger partial charge in [-0.2, -0.15) is 0 Å². The first-order chi connectivity index (χ1) is 15.1. The van der Waals surface area contributed by atoms with Gasteiger partial charge in [-0.05, 0) is 44.0 Å². The average molecular weight is 474 g/mol. The van der Waals surface area contributed by atoms with Gasteiger partial charge < -0.3 is 9.88 Å². The molecule has 32 heavy (non-hydrogen) atoms. The van der Waals surface area contributed by atoms with Gasteiger partial charge in [0.15, 0.2) is 11.0 Å². The number of aryl methyl sites for hydroxylation is 3. The first-order valence-corrected chi connectivity index (χ1v) is 12.8. The van der Waals surface area contributed by atoms with Crippen molar-refractivity contribution < 1.29 is 13.2 Å². The molecule has 3 rings (SSSR count). The van der Waals surface area contributed by atoms with E-state index in [0.717, 1.165) is 28.6 Å². The van der Waals surface area contributed by atoms with E-state index in [1.165, 1.54) is 16.1 Å². The first kappa shape index (κ1) is 23.8. The molecule has 170 valence electrons. The highest BCUT2D eigenvalue weighted by atomic mass is 32.2. The average Bonchev–Trinajstić information content (AvgIpc) is 3.07. The highest BCUT2D eigenvalue weighted by Crippen LogP contribution is 2.23. The second-order valence-corrected chi connectivity index (χ2v) is 10.5. The molecule has 2 aromatic carbocycles. The van der Waals surface area contributed by atoms with Crippen molar-refractivity contribution in [1.82, 2.24) is 14.8 Å². The Morgan fingerprint density at radius 1 is 1.06 bits per heavy atom. The van der Waals surface area contributed by atoms with Crippen molar-refractivity contribution in [3.05, 3.63) is 65.0 Å². The van der Waals surface area contributed by atoms with Crippen LogP contribution in [0.4, 0.5) is 11.4 Å². The summed E-state index contributed by atoms with van der Waals surface area (Å²) in [4.78, 5) is 12.5. The third-order valence-corrected chi connectivity index (χ3v) is 7.17. The fourth-order valence-electron chi connectivity index (χ4n) is 3.17. The zero-order valence-electron chi connectivity index (χ0n) is 18.8. The number of rotatable bonds is 8. The van der Waals surface area contributed by atoms with Gasteiger partial charge in [-0.25, -0.2) is 8.42 Å². The lowest BCUT2D eigenvalue weighted by Gasteiger charge is -2.22. The zero-order chi connectivity index (χ0) is 23.5. The molecule has 0 saturated carbocycles. The van der Waals surface area contributed by atoms with Crippen molar-refractivity contribution in [3.8, 4) is 0 Å². The third kappa shape index (κ3) is 5.68. The molecule has 1 amide bonds. The Balaban J connectivity index is 1.70. The predicted molar refractivity (Wildman–Crippen MR) is 128 cm³/mol. The molecule has 1 heterocycles. The summed E-state index contributed by atoms with van der Waals surface area (Å²) in [7, 11) is -1.76. The van der Waals surface area contributed by atoms with Crippen molar-refractivity contribution in [2.75, 3.05) is 21.6 Å². The van der Waals surface area contributed by atoms with E-state index in [0.29, 0.717) is 16.7 Å². The monoisotopic (exact) mass is 473 g/mol. The summed E-state index contributed by atoms with van der Waals surface area (Å²) in [6.45, 7) is 5.89. The lowest BCUT2D eigenvalue weighted by Crippen LogP contribution is -2.30. The van der Waals surface area contributed by atoms with Gasteiger partial charge in [0.25, 0.3) is 0 Å². The van der Waals surface area contributed by atoms with Crippen molar-refractivity contribution in [2.45, 2.75) is 32.5 Å². The minimum absolute atomic E-state index is 0.0422. The number of nitrogens with one attached hydrogen (secondary N) is 1. The van der Waals surface area contributed by atoms with Crippen LogP contribution in [0.15, 0.2) is 47.6 Å². The normalized spacial score (nSPS) is 11.4. The molecule has 0 bridgehead atoms. The van der Waals surface area contributed by atoms with Crippen LogP contribution in [0.5, 0.6) is 0 Å². The summed E-state index contributed by atoms with van der Waals surface area (Å²) in [5, 5.41) is 11.8. The third-order valence-electron chi connectivity index (χ3n) is 5.01. The van der Waals surface area contributed by atoms with Crippen LogP contribution < -0.4 is 9.62 Å². The van der Waals surface area contributed by atoms with E-state index in [2.05, 4.69) is 15.5 Å². The van der Waals surface area contributed by atoms with Crippen LogP contribution in [-0.2, 0) is 28.4 Å². The summed E-state index contributed by atoms with van der Waals surface area (Å²) < 4.78 is 27.8. The molecule has 0 aliphatic rings. The summed E-state index contributed by atoms with van der Waals surface area (Å²) in [5.41, 5.74) is 4.42. The number of nitrogens with zero attached hydrogens (tertiary/aromatic N) is 4. The molecule has 0 unspecified atom stereocenters. The molecular weight excluding hydrogens is 446 g/mol. The Morgan fingerprint density at radius 2 is 1.69 bits per heavy atom. The molecule has 0 atom stereocenters. The molecule has 0 aliphatic carbocycles. The minimum atomic E-state index is -3.52. The van der Waals surface area contributed by atoms with Gasteiger partial charge in [-0.3, -0.25) is 9.10 Å². The Morgan fingerprint density at radius 3 is 2.28 bits per heavy atom. The van der Waals surface area contributed by atoms with Crippen LogP contribution in [0.3, 0.4) is 0 Å². The summed E-state index contributed by atoms with van der Waals surface area (Å²) in [6.07, 6.45) is 1.16. The second kappa shape index (κ2) is 9.74. The van der Waals surface area contributed by atoms with Crippen LogP contribution in [0.1, 0.15) is 22.5 Å². The van der Waals surface area contributed by atoms with Crippen molar-refractivity contribution in [3.63, 3.8) is 0 Å². The van der Waals surface area contributed by atoms with E-state index in [1.807, 2.05) is 51.1 Å². The van der Waals surface area contributed by atoms with Gasteiger partial charge in [0.05, 0.1) is 24.2 Å². The summed E-state index contributed by atoms with van der Waals surface area (Å²) >= 11 is 1.25. The molecule has 8 nitrogen and oxygen atoms in total. The maximum absolute atomic E-state index is 12.5. The highest BCUT2D eigenvalue weighted by Gasteiger charge is 2.21. The molecule has 0 radical (unpaired) electrons. The highest BCUT2D eigenvalue weighted by molar-refractivity contribution is 7.99. The predicted octanol–water partition coefficient (Wildman–Crippen LogP) is 3.44. The van der Waals surface area contributed by atoms with Gasteiger partial charge in [0.2, 0.25) is 15.9 Å².